The molecule has 29 heavy (non-hydrogen) atoms. The van der Waals surface area contributed by atoms with Gasteiger partial charge in [-0.3, -0.25) is 9.69 Å². The standard InChI is InChI=1S/C21H15ClF3NO3/c22-12-3-1-11(2-4-12)17-18(27)14-7-8-16-15(9-26(10-28-16)13-5-6-13)19(14)29-20(17)21(23,24)25/h1-4,7-8,13H,5-6,9-10H2. The molecular weight excluding hydrogens is 407 g/mol. The summed E-state index contributed by atoms with van der Waals surface area (Å²) in [6.45, 7) is 0.764. The van der Waals surface area contributed by atoms with Gasteiger partial charge in [0.05, 0.1) is 16.5 Å². The normalized spacial score (nSPS) is 17.2. The molecule has 8 heteroatoms. The smallest absolute Gasteiger partial charge is 0.450 e. The van der Waals surface area contributed by atoms with E-state index in [-0.39, 0.29) is 16.5 Å². The summed E-state index contributed by atoms with van der Waals surface area (Å²) in [5, 5.41) is 0.460. The quantitative estimate of drug-likeness (QED) is 0.552. The third-order valence-corrected chi connectivity index (χ3v) is 5.57. The number of halogens is 4. The first kappa shape index (κ1) is 18.5. The fraction of sp³-hybridized carbons (Fsp3) is 0.286. The Morgan fingerprint density at radius 2 is 1.79 bits per heavy atom. The van der Waals surface area contributed by atoms with Crippen LogP contribution in [0.15, 0.2) is 45.6 Å². The fourth-order valence-corrected chi connectivity index (χ4v) is 3.86. The lowest BCUT2D eigenvalue weighted by atomic mass is 10.00. The Bertz CT molecular complexity index is 1170. The molecule has 0 amide bonds. The van der Waals surface area contributed by atoms with Gasteiger partial charge in [0.2, 0.25) is 11.2 Å². The molecule has 1 fully saturated rings. The van der Waals surface area contributed by atoms with E-state index in [1.54, 1.807) is 6.07 Å². The van der Waals surface area contributed by atoms with Crippen molar-refractivity contribution in [3.63, 3.8) is 0 Å². The van der Waals surface area contributed by atoms with Crippen LogP contribution in [0.3, 0.4) is 0 Å². The van der Waals surface area contributed by atoms with Crippen LogP contribution in [-0.2, 0) is 12.7 Å². The van der Waals surface area contributed by atoms with Gasteiger partial charge in [0, 0.05) is 17.6 Å². The van der Waals surface area contributed by atoms with Crippen molar-refractivity contribution < 1.29 is 22.3 Å². The third kappa shape index (κ3) is 3.18. The number of rotatable bonds is 2. The summed E-state index contributed by atoms with van der Waals surface area (Å²) in [4.78, 5) is 15.2. The van der Waals surface area contributed by atoms with E-state index in [0.29, 0.717) is 35.7 Å². The first-order valence-electron chi connectivity index (χ1n) is 9.15. The monoisotopic (exact) mass is 421 g/mol. The van der Waals surface area contributed by atoms with E-state index in [1.165, 1.54) is 30.3 Å². The minimum absolute atomic E-state index is 0.0668. The second-order valence-electron chi connectivity index (χ2n) is 7.31. The predicted molar refractivity (Wildman–Crippen MR) is 102 cm³/mol. The maximum Gasteiger partial charge on any atom is 0.450 e. The van der Waals surface area contributed by atoms with Gasteiger partial charge in [0.25, 0.3) is 0 Å². The number of ether oxygens (including phenoxy) is 1. The summed E-state index contributed by atoms with van der Waals surface area (Å²) in [7, 11) is 0. The van der Waals surface area contributed by atoms with Crippen molar-refractivity contribution in [3.05, 3.63) is 63.0 Å². The zero-order valence-corrected chi connectivity index (χ0v) is 15.8. The Labute approximate surface area is 168 Å². The Balaban J connectivity index is 1.77. The maximum atomic E-state index is 13.9. The molecule has 2 aliphatic rings. The van der Waals surface area contributed by atoms with Crippen LogP contribution in [0.2, 0.25) is 5.02 Å². The van der Waals surface area contributed by atoms with Crippen molar-refractivity contribution in [2.24, 2.45) is 0 Å². The SMILES string of the molecule is O=c1c(-c2ccc(Cl)cc2)c(C(F)(F)F)oc2c3c(ccc12)OCN(C1CC1)C3. The van der Waals surface area contributed by atoms with Gasteiger partial charge in [-0.05, 0) is 42.7 Å². The molecule has 1 saturated carbocycles. The van der Waals surface area contributed by atoms with Gasteiger partial charge in [0.15, 0.2) is 0 Å². The zero-order chi connectivity index (χ0) is 20.3. The van der Waals surface area contributed by atoms with E-state index >= 15 is 0 Å². The Kier molecular flexibility index (Phi) is 4.15. The van der Waals surface area contributed by atoms with Crippen molar-refractivity contribution in [2.75, 3.05) is 6.73 Å². The van der Waals surface area contributed by atoms with Crippen LogP contribution in [0.4, 0.5) is 13.2 Å². The second kappa shape index (κ2) is 6.50. The van der Waals surface area contributed by atoms with Crippen LogP contribution in [0.1, 0.15) is 24.2 Å². The molecule has 2 heterocycles. The van der Waals surface area contributed by atoms with Crippen molar-refractivity contribution >= 4 is 22.6 Å². The van der Waals surface area contributed by atoms with Crippen molar-refractivity contribution in [2.45, 2.75) is 31.6 Å². The van der Waals surface area contributed by atoms with E-state index in [1.807, 2.05) is 4.90 Å². The average Bonchev–Trinajstić information content (AvgIpc) is 3.53. The van der Waals surface area contributed by atoms with E-state index < -0.39 is 22.9 Å². The topological polar surface area (TPSA) is 42.7 Å². The Morgan fingerprint density at radius 3 is 2.45 bits per heavy atom. The first-order chi connectivity index (χ1) is 13.8. The zero-order valence-electron chi connectivity index (χ0n) is 15.1. The third-order valence-electron chi connectivity index (χ3n) is 5.32. The number of hydrogen-bond donors (Lipinski definition) is 0. The minimum atomic E-state index is -4.84. The van der Waals surface area contributed by atoms with E-state index in [9.17, 15) is 18.0 Å². The molecule has 0 N–H and O–H groups in total. The summed E-state index contributed by atoms with van der Waals surface area (Å²) in [5.74, 6) is -0.862. The summed E-state index contributed by atoms with van der Waals surface area (Å²) in [6, 6.07) is 9.09. The maximum absolute atomic E-state index is 13.9. The summed E-state index contributed by atoms with van der Waals surface area (Å²) < 4.78 is 52.7. The second-order valence-corrected chi connectivity index (χ2v) is 7.75. The number of hydrogen-bond acceptors (Lipinski definition) is 4. The van der Waals surface area contributed by atoms with Crippen LogP contribution in [0.5, 0.6) is 5.75 Å². The molecule has 0 radical (unpaired) electrons. The van der Waals surface area contributed by atoms with Gasteiger partial charge >= 0.3 is 6.18 Å². The van der Waals surface area contributed by atoms with Gasteiger partial charge in [-0.15, -0.1) is 0 Å². The lowest BCUT2D eigenvalue weighted by Crippen LogP contribution is -2.34. The molecule has 5 rings (SSSR count). The Hall–Kier alpha value is -2.51. The molecule has 1 aliphatic heterocycles. The molecule has 0 bridgehead atoms. The molecule has 0 unspecified atom stereocenters. The van der Waals surface area contributed by atoms with Crippen LogP contribution < -0.4 is 10.2 Å². The molecule has 0 spiro atoms. The molecule has 0 atom stereocenters. The molecule has 150 valence electrons. The fourth-order valence-electron chi connectivity index (χ4n) is 3.73. The van der Waals surface area contributed by atoms with Gasteiger partial charge < -0.3 is 9.15 Å². The highest BCUT2D eigenvalue weighted by atomic mass is 35.5. The minimum Gasteiger partial charge on any atom is -0.478 e. The molecule has 3 aromatic rings. The van der Waals surface area contributed by atoms with Crippen LogP contribution in [0, 0.1) is 0 Å². The lowest BCUT2D eigenvalue weighted by molar-refractivity contribution is -0.152. The van der Waals surface area contributed by atoms with E-state index in [4.69, 9.17) is 20.8 Å². The summed E-state index contributed by atoms with van der Waals surface area (Å²) in [5.41, 5.74) is -0.732. The molecule has 4 nitrogen and oxygen atoms in total. The van der Waals surface area contributed by atoms with E-state index in [2.05, 4.69) is 0 Å². The average molecular weight is 422 g/mol. The molecule has 2 aromatic carbocycles. The molecular formula is C21H15ClF3NO3. The van der Waals surface area contributed by atoms with Gasteiger partial charge in [-0.2, -0.15) is 13.2 Å². The molecule has 1 aliphatic carbocycles. The predicted octanol–water partition coefficient (Wildman–Crippen LogP) is 5.45. The van der Waals surface area contributed by atoms with Gasteiger partial charge in [-0.25, -0.2) is 0 Å². The van der Waals surface area contributed by atoms with Crippen LogP contribution in [0.25, 0.3) is 22.1 Å². The first-order valence-corrected chi connectivity index (χ1v) is 9.53. The summed E-state index contributed by atoms with van der Waals surface area (Å²) >= 11 is 5.84. The van der Waals surface area contributed by atoms with Gasteiger partial charge in [-0.1, -0.05) is 23.7 Å². The number of nitrogens with zero attached hydrogens (tertiary/aromatic N) is 1. The lowest BCUT2D eigenvalue weighted by Gasteiger charge is -2.29. The van der Waals surface area contributed by atoms with Crippen molar-refractivity contribution in [1.82, 2.24) is 4.90 Å². The molecule has 1 aromatic heterocycles. The molecule has 0 saturated heterocycles. The number of fused-ring (bicyclic) bond motifs is 3. The van der Waals surface area contributed by atoms with Crippen molar-refractivity contribution in [3.8, 4) is 16.9 Å². The highest BCUT2D eigenvalue weighted by Gasteiger charge is 2.40. The van der Waals surface area contributed by atoms with E-state index in [0.717, 1.165) is 12.8 Å². The highest BCUT2D eigenvalue weighted by Crippen LogP contribution is 2.41. The summed E-state index contributed by atoms with van der Waals surface area (Å²) in [6.07, 6.45) is -2.78. The number of alkyl halides is 3. The Morgan fingerprint density at radius 1 is 1.07 bits per heavy atom. The highest BCUT2D eigenvalue weighted by molar-refractivity contribution is 6.30. The van der Waals surface area contributed by atoms with Gasteiger partial charge in [0.1, 0.15) is 18.1 Å². The van der Waals surface area contributed by atoms with Crippen molar-refractivity contribution in [1.29, 1.82) is 0 Å². The largest absolute Gasteiger partial charge is 0.478 e. The van der Waals surface area contributed by atoms with Crippen LogP contribution >= 0.6 is 11.6 Å². The number of benzene rings is 2. The van der Waals surface area contributed by atoms with Crippen LogP contribution in [-0.4, -0.2) is 17.7 Å².